The molecule has 1 saturated heterocycles. The van der Waals surface area contributed by atoms with Crippen molar-refractivity contribution in [1.29, 1.82) is 0 Å². The Bertz CT molecular complexity index is 478. The number of aldehydes is 1. The topological polar surface area (TPSA) is 95.9 Å². The Morgan fingerprint density at radius 1 is 1.30 bits per heavy atom. The lowest BCUT2D eigenvalue weighted by molar-refractivity contribution is -0.122. The first-order valence-electron chi connectivity index (χ1n) is 7.76. The van der Waals surface area contributed by atoms with Crippen molar-refractivity contribution in [2.45, 2.75) is 59.1 Å². The van der Waals surface area contributed by atoms with Crippen LogP contribution in [0, 0.1) is 11.3 Å². The highest BCUT2D eigenvalue weighted by atomic mass is 16.6. The highest BCUT2D eigenvalue weighted by Crippen LogP contribution is 2.44. The maximum absolute atomic E-state index is 11.7. The van der Waals surface area contributed by atoms with Gasteiger partial charge in [-0.15, -0.1) is 0 Å². The number of carboxylic acid groups (broad SMARTS) is 1. The fourth-order valence-corrected chi connectivity index (χ4v) is 2.96. The molecule has 1 unspecified atom stereocenters. The van der Waals surface area contributed by atoms with E-state index in [1.807, 2.05) is 20.8 Å². The second-order valence-corrected chi connectivity index (χ2v) is 8.14. The summed E-state index contributed by atoms with van der Waals surface area (Å²) in [7, 11) is 0. The van der Waals surface area contributed by atoms with Gasteiger partial charge in [0, 0.05) is 13.1 Å². The lowest BCUT2D eigenvalue weighted by Gasteiger charge is -2.42. The Labute approximate surface area is 137 Å². The summed E-state index contributed by atoms with van der Waals surface area (Å²) in [6.07, 6.45) is -0.554. The van der Waals surface area contributed by atoms with Gasteiger partial charge in [-0.3, -0.25) is 4.90 Å². The molecule has 0 aromatic carbocycles. The van der Waals surface area contributed by atoms with Crippen molar-refractivity contribution >= 4 is 18.5 Å². The van der Waals surface area contributed by atoms with Gasteiger partial charge in [-0.2, -0.15) is 0 Å². The van der Waals surface area contributed by atoms with Crippen molar-refractivity contribution in [3.05, 3.63) is 0 Å². The molecule has 1 heterocycles. The maximum Gasteiger partial charge on any atom is 0.408 e. The van der Waals surface area contributed by atoms with E-state index in [0.29, 0.717) is 6.42 Å². The Hall–Kier alpha value is -1.79. The standard InChI is InChI=1S/C16H28N2O5/c1-14(2,3)16(10-19)7-11(9-18(16)13(21)22)8-17-12(20)23-15(4,5)6/h10-11H,7-9H2,1-6H3,(H,17,20)(H,21,22)/t11-,16?/m0/s1. The van der Waals surface area contributed by atoms with Crippen LogP contribution < -0.4 is 5.32 Å². The van der Waals surface area contributed by atoms with Gasteiger partial charge in [-0.25, -0.2) is 9.59 Å². The van der Waals surface area contributed by atoms with E-state index >= 15 is 0 Å². The minimum atomic E-state index is -1.12. The molecule has 1 rings (SSSR count). The van der Waals surface area contributed by atoms with Gasteiger partial charge in [-0.1, -0.05) is 20.8 Å². The fourth-order valence-electron chi connectivity index (χ4n) is 2.96. The number of hydrogen-bond acceptors (Lipinski definition) is 4. The second kappa shape index (κ2) is 6.37. The third-order valence-electron chi connectivity index (χ3n) is 4.18. The van der Waals surface area contributed by atoms with Crippen molar-refractivity contribution in [1.82, 2.24) is 10.2 Å². The molecule has 7 heteroatoms. The van der Waals surface area contributed by atoms with Crippen molar-refractivity contribution < 1.29 is 24.2 Å². The van der Waals surface area contributed by atoms with Crippen LogP contribution >= 0.6 is 0 Å². The minimum Gasteiger partial charge on any atom is -0.465 e. The van der Waals surface area contributed by atoms with Crippen LogP contribution in [0.1, 0.15) is 48.0 Å². The molecule has 0 aromatic heterocycles. The molecule has 1 aliphatic heterocycles. The van der Waals surface area contributed by atoms with E-state index in [4.69, 9.17) is 4.74 Å². The molecule has 0 radical (unpaired) electrons. The number of amides is 2. The number of carbonyl (C=O) groups excluding carboxylic acids is 2. The van der Waals surface area contributed by atoms with Crippen LogP contribution in [-0.4, -0.2) is 52.7 Å². The number of likely N-dealkylation sites (tertiary alicyclic amines) is 1. The van der Waals surface area contributed by atoms with Crippen LogP contribution in [0.15, 0.2) is 0 Å². The third kappa shape index (κ3) is 4.36. The summed E-state index contributed by atoms with van der Waals surface area (Å²) in [5, 5.41) is 12.1. The summed E-state index contributed by atoms with van der Waals surface area (Å²) >= 11 is 0. The van der Waals surface area contributed by atoms with Crippen LogP contribution in [-0.2, 0) is 9.53 Å². The predicted octanol–water partition coefficient (Wildman–Crippen LogP) is 2.49. The van der Waals surface area contributed by atoms with Gasteiger partial charge in [0.25, 0.3) is 0 Å². The first-order chi connectivity index (χ1) is 10.3. The summed E-state index contributed by atoms with van der Waals surface area (Å²) in [5.41, 5.74) is -2.21. The molecule has 23 heavy (non-hydrogen) atoms. The Kier molecular flexibility index (Phi) is 5.34. The van der Waals surface area contributed by atoms with Crippen molar-refractivity contribution in [2.75, 3.05) is 13.1 Å². The van der Waals surface area contributed by atoms with Crippen LogP contribution in [0.5, 0.6) is 0 Å². The van der Waals surface area contributed by atoms with E-state index in [1.54, 1.807) is 20.8 Å². The zero-order valence-corrected chi connectivity index (χ0v) is 14.8. The first-order valence-corrected chi connectivity index (χ1v) is 7.76. The Morgan fingerprint density at radius 2 is 1.87 bits per heavy atom. The quantitative estimate of drug-likeness (QED) is 0.776. The number of nitrogens with one attached hydrogen (secondary N) is 1. The van der Waals surface area contributed by atoms with Crippen LogP contribution in [0.25, 0.3) is 0 Å². The number of nitrogens with zero attached hydrogens (tertiary/aromatic N) is 1. The zero-order chi connectivity index (χ0) is 18.1. The number of hydrogen-bond donors (Lipinski definition) is 2. The molecule has 1 aliphatic rings. The smallest absolute Gasteiger partial charge is 0.408 e. The van der Waals surface area contributed by atoms with Crippen molar-refractivity contribution in [3.63, 3.8) is 0 Å². The number of carbonyl (C=O) groups is 3. The predicted molar refractivity (Wildman–Crippen MR) is 85.3 cm³/mol. The van der Waals surface area contributed by atoms with Gasteiger partial charge in [0.05, 0.1) is 0 Å². The monoisotopic (exact) mass is 328 g/mol. The van der Waals surface area contributed by atoms with Gasteiger partial charge in [0.1, 0.15) is 17.4 Å². The molecular weight excluding hydrogens is 300 g/mol. The second-order valence-electron chi connectivity index (χ2n) is 8.14. The van der Waals surface area contributed by atoms with Gasteiger partial charge in [0.2, 0.25) is 0 Å². The van der Waals surface area contributed by atoms with Crippen molar-refractivity contribution in [3.8, 4) is 0 Å². The molecule has 0 spiro atoms. The van der Waals surface area contributed by atoms with Gasteiger partial charge < -0.3 is 20.0 Å². The van der Waals surface area contributed by atoms with E-state index in [-0.39, 0.29) is 19.0 Å². The molecule has 0 aromatic rings. The zero-order valence-electron chi connectivity index (χ0n) is 14.8. The Morgan fingerprint density at radius 3 is 2.22 bits per heavy atom. The molecule has 2 amide bonds. The summed E-state index contributed by atoms with van der Waals surface area (Å²) in [6.45, 7) is 11.3. The highest BCUT2D eigenvalue weighted by molar-refractivity contribution is 5.77. The normalized spacial score (nSPS) is 25.1. The fraction of sp³-hybridized carbons (Fsp3) is 0.812. The molecule has 0 aliphatic carbocycles. The number of alkyl carbamates (subject to hydrolysis) is 1. The molecule has 7 nitrogen and oxygen atoms in total. The van der Waals surface area contributed by atoms with E-state index in [1.165, 1.54) is 4.90 Å². The van der Waals surface area contributed by atoms with Gasteiger partial charge in [-0.05, 0) is 38.5 Å². The van der Waals surface area contributed by atoms with Crippen LogP contribution in [0.2, 0.25) is 0 Å². The molecule has 2 N–H and O–H groups in total. The lowest BCUT2D eigenvalue weighted by Crippen LogP contribution is -2.56. The van der Waals surface area contributed by atoms with Gasteiger partial charge in [0.15, 0.2) is 0 Å². The van der Waals surface area contributed by atoms with Crippen LogP contribution in [0.3, 0.4) is 0 Å². The third-order valence-corrected chi connectivity index (χ3v) is 4.18. The largest absolute Gasteiger partial charge is 0.465 e. The SMILES string of the molecule is CC(C)(C)OC(=O)NC[C@H]1CN(C(=O)O)C(C=O)(C(C)(C)C)C1. The summed E-state index contributed by atoms with van der Waals surface area (Å²) in [4.78, 5) is 36.2. The first kappa shape index (κ1) is 19.3. The molecule has 0 saturated carbocycles. The minimum absolute atomic E-state index is 0.136. The number of ether oxygens (including phenoxy) is 1. The average Bonchev–Trinajstić information content (AvgIpc) is 2.74. The highest BCUT2D eigenvalue weighted by Gasteiger charge is 2.55. The Balaban J connectivity index is 2.80. The summed E-state index contributed by atoms with van der Waals surface area (Å²) < 4.78 is 5.17. The number of rotatable bonds is 3. The van der Waals surface area contributed by atoms with Crippen molar-refractivity contribution in [2.24, 2.45) is 11.3 Å². The molecule has 132 valence electrons. The van der Waals surface area contributed by atoms with E-state index in [0.717, 1.165) is 6.29 Å². The maximum atomic E-state index is 11.7. The average molecular weight is 328 g/mol. The van der Waals surface area contributed by atoms with E-state index in [9.17, 15) is 19.5 Å². The lowest BCUT2D eigenvalue weighted by atomic mass is 9.71. The van der Waals surface area contributed by atoms with Crippen LogP contribution in [0.4, 0.5) is 9.59 Å². The van der Waals surface area contributed by atoms with E-state index < -0.39 is 28.7 Å². The molecule has 2 atom stereocenters. The summed E-state index contributed by atoms with van der Waals surface area (Å²) in [5.74, 6) is -0.136. The van der Waals surface area contributed by atoms with Gasteiger partial charge >= 0.3 is 12.2 Å². The molecule has 0 bridgehead atoms. The summed E-state index contributed by atoms with van der Waals surface area (Å²) in [6, 6.07) is 0. The molecular formula is C16H28N2O5. The van der Waals surface area contributed by atoms with E-state index in [2.05, 4.69) is 5.32 Å². The molecule has 1 fully saturated rings.